The van der Waals surface area contributed by atoms with Gasteiger partial charge in [0.1, 0.15) is 0 Å². The molecule has 21 heavy (non-hydrogen) atoms. The number of hydrogen-bond donors (Lipinski definition) is 2. The van der Waals surface area contributed by atoms with Gasteiger partial charge in [0, 0.05) is 32.9 Å². The smallest absolute Gasteiger partial charge is 0.317 e. The van der Waals surface area contributed by atoms with Crippen LogP contribution in [0.1, 0.15) is 20.3 Å². The van der Waals surface area contributed by atoms with Crippen molar-refractivity contribution in [2.45, 2.75) is 25.9 Å². The SMILES string of the molecule is CN(CC(C)(C)O)C(=O)NCCCN(C)c1ccccc1. The van der Waals surface area contributed by atoms with E-state index in [-0.39, 0.29) is 6.03 Å². The quantitative estimate of drug-likeness (QED) is 0.755. The molecule has 0 aromatic heterocycles. The van der Waals surface area contributed by atoms with E-state index in [1.54, 1.807) is 20.9 Å². The second kappa shape index (κ2) is 7.88. The van der Waals surface area contributed by atoms with Crippen molar-refractivity contribution in [2.24, 2.45) is 0 Å². The van der Waals surface area contributed by atoms with Crippen LogP contribution in [0.2, 0.25) is 0 Å². The van der Waals surface area contributed by atoms with Gasteiger partial charge in [-0.25, -0.2) is 4.79 Å². The average Bonchev–Trinajstić information content (AvgIpc) is 2.42. The van der Waals surface area contributed by atoms with Crippen molar-refractivity contribution in [2.75, 3.05) is 38.6 Å². The van der Waals surface area contributed by atoms with Crippen LogP contribution < -0.4 is 10.2 Å². The molecular formula is C16H27N3O2. The zero-order chi connectivity index (χ0) is 15.9. The number of nitrogens with one attached hydrogen (secondary N) is 1. The van der Waals surface area contributed by atoms with E-state index in [0.29, 0.717) is 13.1 Å². The van der Waals surface area contributed by atoms with Gasteiger partial charge in [0.15, 0.2) is 0 Å². The molecule has 0 atom stereocenters. The zero-order valence-electron chi connectivity index (χ0n) is 13.5. The number of rotatable bonds is 7. The Bertz CT molecular complexity index is 429. The summed E-state index contributed by atoms with van der Waals surface area (Å²) in [7, 11) is 3.72. The Morgan fingerprint density at radius 1 is 1.24 bits per heavy atom. The van der Waals surface area contributed by atoms with E-state index in [9.17, 15) is 9.90 Å². The van der Waals surface area contributed by atoms with Gasteiger partial charge in [-0.3, -0.25) is 0 Å². The summed E-state index contributed by atoms with van der Waals surface area (Å²) in [4.78, 5) is 15.5. The Morgan fingerprint density at radius 2 is 1.86 bits per heavy atom. The zero-order valence-corrected chi connectivity index (χ0v) is 13.5. The van der Waals surface area contributed by atoms with Crippen LogP contribution in [0.15, 0.2) is 30.3 Å². The van der Waals surface area contributed by atoms with Crippen molar-refractivity contribution >= 4 is 11.7 Å². The number of amides is 2. The summed E-state index contributed by atoms with van der Waals surface area (Å²) in [5.41, 5.74) is 0.294. The van der Waals surface area contributed by atoms with Crippen LogP contribution in [-0.4, -0.2) is 55.4 Å². The van der Waals surface area contributed by atoms with Gasteiger partial charge in [-0.15, -0.1) is 0 Å². The second-order valence-electron chi connectivity index (χ2n) is 6.01. The number of carbonyl (C=O) groups excluding carboxylic acids is 1. The number of hydrogen-bond acceptors (Lipinski definition) is 3. The molecule has 0 heterocycles. The normalized spacial score (nSPS) is 11.1. The van der Waals surface area contributed by atoms with E-state index < -0.39 is 5.60 Å². The minimum atomic E-state index is -0.875. The topological polar surface area (TPSA) is 55.8 Å². The van der Waals surface area contributed by atoms with Crippen molar-refractivity contribution in [1.29, 1.82) is 0 Å². The molecule has 0 fully saturated rings. The van der Waals surface area contributed by atoms with Crippen molar-refractivity contribution in [3.05, 3.63) is 30.3 Å². The lowest BCUT2D eigenvalue weighted by atomic mass is 10.1. The molecule has 0 saturated carbocycles. The molecule has 1 rings (SSSR count). The number of benzene rings is 1. The van der Waals surface area contributed by atoms with Crippen LogP contribution in [-0.2, 0) is 0 Å². The maximum absolute atomic E-state index is 11.8. The molecule has 1 aromatic carbocycles. The monoisotopic (exact) mass is 293 g/mol. The molecule has 0 bridgehead atoms. The third-order valence-electron chi connectivity index (χ3n) is 3.11. The average molecular weight is 293 g/mol. The summed E-state index contributed by atoms with van der Waals surface area (Å²) in [5, 5.41) is 12.5. The first kappa shape index (κ1) is 17.3. The Morgan fingerprint density at radius 3 is 2.43 bits per heavy atom. The first-order chi connectivity index (χ1) is 9.79. The number of urea groups is 1. The van der Waals surface area contributed by atoms with E-state index in [1.807, 2.05) is 25.2 Å². The highest BCUT2D eigenvalue weighted by molar-refractivity contribution is 5.73. The Labute approximate surface area is 127 Å². The minimum Gasteiger partial charge on any atom is -0.389 e. The number of para-hydroxylation sites is 1. The Hall–Kier alpha value is -1.75. The summed E-state index contributed by atoms with van der Waals surface area (Å²) >= 11 is 0. The standard InChI is InChI=1S/C16H27N3O2/c1-16(2,21)13-19(4)15(20)17-11-8-12-18(3)14-9-6-5-7-10-14/h5-7,9-10,21H,8,11-13H2,1-4H3,(H,17,20). The third kappa shape index (κ3) is 6.99. The predicted molar refractivity (Wildman–Crippen MR) is 86.7 cm³/mol. The minimum absolute atomic E-state index is 0.153. The van der Waals surface area contributed by atoms with Gasteiger partial charge < -0.3 is 20.2 Å². The molecule has 0 aliphatic heterocycles. The maximum atomic E-state index is 11.8. The number of likely N-dealkylation sites (N-methyl/N-ethyl adjacent to an activating group) is 1. The van der Waals surface area contributed by atoms with Gasteiger partial charge in [0.25, 0.3) is 0 Å². The van der Waals surface area contributed by atoms with Gasteiger partial charge in [-0.05, 0) is 32.4 Å². The van der Waals surface area contributed by atoms with Gasteiger partial charge >= 0.3 is 6.03 Å². The van der Waals surface area contributed by atoms with Gasteiger partial charge in [-0.2, -0.15) is 0 Å². The van der Waals surface area contributed by atoms with Crippen LogP contribution in [0.5, 0.6) is 0 Å². The predicted octanol–water partition coefficient (Wildman–Crippen LogP) is 1.93. The number of anilines is 1. The molecule has 1 aromatic rings. The Kier molecular flexibility index (Phi) is 6.49. The van der Waals surface area contributed by atoms with Crippen LogP contribution >= 0.6 is 0 Å². The fraction of sp³-hybridized carbons (Fsp3) is 0.562. The molecule has 0 radical (unpaired) electrons. The van der Waals surface area contributed by atoms with Crippen LogP contribution in [0, 0.1) is 0 Å². The number of nitrogens with zero attached hydrogens (tertiary/aromatic N) is 2. The summed E-state index contributed by atoms with van der Waals surface area (Å²) in [5.74, 6) is 0. The molecule has 118 valence electrons. The van der Waals surface area contributed by atoms with Gasteiger partial charge in [-0.1, -0.05) is 18.2 Å². The van der Waals surface area contributed by atoms with Gasteiger partial charge in [0.2, 0.25) is 0 Å². The molecule has 2 amide bonds. The fourth-order valence-corrected chi connectivity index (χ4v) is 2.11. The third-order valence-corrected chi connectivity index (χ3v) is 3.11. The molecule has 0 aliphatic rings. The molecule has 2 N–H and O–H groups in total. The first-order valence-electron chi connectivity index (χ1n) is 7.27. The Balaban J connectivity index is 2.23. The summed E-state index contributed by atoms with van der Waals surface area (Å²) in [6.45, 7) is 5.17. The highest BCUT2D eigenvalue weighted by atomic mass is 16.3. The van der Waals surface area contributed by atoms with Crippen molar-refractivity contribution in [1.82, 2.24) is 10.2 Å². The molecule has 0 saturated heterocycles. The molecule has 5 nitrogen and oxygen atoms in total. The second-order valence-corrected chi connectivity index (χ2v) is 6.01. The summed E-state index contributed by atoms with van der Waals surface area (Å²) in [6, 6.07) is 10.00. The van der Waals surface area contributed by atoms with Crippen LogP contribution in [0.4, 0.5) is 10.5 Å². The lowest BCUT2D eigenvalue weighted by molar-refractivity contribution is 0.0532. The lowest BCUT2D eigenvalue weighted by Crippen LogP contribution is -2.45. The highest BCUT2D eigenvalue weighted by Gasteiger charge is 2.18. The van der Waals surface area contributed by atoms with E-state index in [2.05, 4.69) is 22.3 Å². The largest absolute Gasteiger partial charge is 0.389 e. The molecule has 0 spiro atoms. The van der Waals surface area contributed by atoms with E-state index in [4.69, 9.17) is 0 Å². The van der Waals surface area contributed by atoms with Crippen LogP contribution in [0.3, 0.4) is 0 Å². The van der Waals surface area contributed by atoms with Crippen molar-refractivity contribution in [3.63, 3.8) is 0 Å². The fourth-order valence-electron chi connectivity index (χ4n) is 2.11. The maximum Gasteiger partial charge on any atom is 0.317 e. The van der Waals surface area contributed by atoms with Crippen molar-refractivity contribution < 1.29 is 9.90 Å². The molecular weight excluding hydrogens is 266 g/mol. The van der Waals surface area contributed by atoms with Gasteiger partial charge in [0.05, 0.1) is 12.1 Å². The van der Waals surface area contributed by atoms with E-state index in [0.717, 1.165) is 13.0 Å². The van der Waals surface area contributed by atoms with E-state index >= 15 is 0 Å². The van der Waals surface area contributed by atoms with Crippen LogP contribution in [0.25, 0.3) is 0 Å². The summed E-state index contributed by atoms with van der Waals surface area (Å²) in [6.07, 6.45) is 0.869. The summed E-state index contributed by atoms with van der Waals surface area (Å²) < 4.78 is 0. The number of aliphatic hydroxyl groups is 1. The highest BCUT2D eigenvalue weighted by Crippen LogP contribution is 2.10. The first-order valence-corrected chi connectivity index (χ1v) is 7.27. The molecule has 0 unspecified atom stereocenters. The molecule has 5 heteroatoms. The van der Waals surface area contributed by atoms with Crippen molar-refractivity contribution in [3.8, 4) is 0 Å². The number of carbonyl (C=O) groups is 1. The lowest BCUT2D eigenvalue weighted by Gasteiger charge is -2.26. The van der Waals surface area contributed by atoms with E-state index in [1.165, 1.54) is 10.6 Å². The molecule has 0 aliphatic carbocycles.